The third-order valence-corrected chi connectivity index (χ3v) is 5.50. The Morgan fingerprint density at radius 1 is 1.11 bits per heavy atom. The van der Waals surface area contributed by atoms with E-state index in [0.29, 0.717) is 5.92 Å². The van der Waals surface area contributed by atoms with Crippen LogP contribution in [0.5, 0.6) is 0 Å². The van der Waals surface area contributed by atoms with Crippen LogP contribution < -0.4 is 0 Å². The fourth-order valence-corrected chi connectivity index (χ4v) is 4.20. The molecule has 3 atom stereocenters. The molecule has 0 aromatic heterocycles. The van der Waals surface area contributed by atoms with Crippen LogP contribution in [0.1, 0.15) is 60.3 Å². The summed E-state index contributed by atoms with van der Waals surface area (Å²) in [7, 11) is 0. The van der Waals surface area contributed by atoms with Crippen LogP contribution in [0.2, 0.25) is 0 Å². The third kappa shape index (κ3) is 3.16. The number of hydrogen-bond donors (Lipinski definition) is 0. The van der Waals surface area contributed by atoms with Gasteiger partial charge < -0.3 is 9.47 Å². The van der Waals surface area contributed by atoms with Gasteiger partial charge in [-0.25, -0.2) is 0 Å². The van der Waals surface area contributed by atoms with Crippen molar-refractivity contribution in [1.29, 1.82) is 0 Å². The Morgan fingerprint density at radius 2 is 1.74 bits per heavy atom. The van der Waals surface area contributed by atoms with Crippen molar-refractivity contribution in [2.75, 3.05) is 13.2 Å². The highest BCUT2D eigenvalue weighted by Crippen LogP contribution is 2.49. The van der Waals surface area contributed by atoms with Crippen LogP contribution in [0, 0.1) is 29.1 Å². The van der Waals surface area contributed by atoms with Crippen LogP contribution in [-0.4, -0.2) is 19.5 Å². The van der Waals surface area contributed by atoms with Crippen molar-refractivity contribution in [1.82, 2.24) is 0 Å². The van der Waals surface area contributed by atoms with Crippen LogP contribution in [-0.2, 0) is 9.47 Å². The lowest BCUT2D eigenvalue weighted by molar-refractivity contribution is -0.270. The van der Waals surface area contributed by atoms with Crippen LogP contribution in [0.3, 0.4) is 0 Å². The molecule has 0 bridgehead atoms. The van der Waals surface area contributed by atoms with E-state index in [1.54, 1.807) is 0 Å². The SMILES string of the molecule is CCC(C)C1OCC2(CO1)C[C@H](C)CC[C@H]2C(C)C. The fourth-order valence-electron chi connectivity index (χ4n) is 4.20. The highest BCUT2D eigenvalue weighted by Gasteiger charge is 2.47. The lowest BCUT2D eigenvalue weighted by Crippen LogP contribution is -2.52. The Labute approximate surface area is 119 Å². The number of rotatable bonds is 3. The van der Waals surface area contributed by atoms with Gasteiger partial charge in [-0.15, -0.1) is 0 Å². The van der Waals surface area contributed by atoms with E-state index in [1.165, 1.54) is 19.3 Å². The number of hydrogen-bond acceptors (Lipinski definition) is 2. The first-order chi connectivity index (χ1) is 8.98. The summed E-state index contributed by atoms with van der Waals surface area (Å²) in [6.45, 7) is 13.4. The van der Waals surface area contributed by atoms with E-state index in [1.807, 2.05) is 0 Å². The van der Waals surface area contributed by atoms with Crippen LogP contribution >= 0.6 is 0 Å². The van der Waals surface area contributed by atoms with Crippen LogP contribution in [0.25, 0.3) is 0 Å². The summed E-state index contributed by atoms with van der Waals surface area (Å²) in [6, 6.07) is 0. The smallest absolute Gasteiger partial charge is 0.160 e. The minimum absolute atomic E-state index is 0.0284. The molecule has 0 aromatic carbocycles. The monoisotopic (exact) mass is 268 g/mol. The van der Waals surface area contributed by atoms with E-state index in [9.17, 15) is 0 Å². The van der Waals surface area contributed by atoms with Crippen molar-refractivity contribution in [2.24, 2.45) is 29.1 Å². The third-order valence-electron chi connectivity index (χ3n) is 5.50. The number of ether oxygens (including phenoxy) is 2. The molecule has 1 saturated carbocycles. The second kappa shape index (κ2) is 6.13. The lowest BCUT2D eigenvalue weighted by atomic mass is 9.60. The highest BCUT2D eigenvalue weighted by atomic mass is 16.7. The molecule has 2 fully saturated rings. The normalized spacial score (nSPS) is 41.7. The predicted octanol–water partition coefficient (Wildman–Crippen LogP) is 4.48. The molecular weight excluding hydrogens is 236 g/mol. The molecule has 1 aliphatic heterocycles. The second-order valence-electron chi connectivity index (χ2n) is 7.48. The van der Waals surface area contributed by atoms with Crippen molar-refractivity contribution in [3.8, 4) is 0 Å². The van der Waals surface area contributed by atoms with Crippen LogP contribution in [0.4, 0.5) is 0 Å². The van der Waals surface area contributed by atoms with E-state index in [0.717, 1.165) is 37.4 Å². The van der Waals surface area contributed by atoms with Crippen molar-refractivity contribution < 1.29 is 9.47 Å². The van der Waals surface area contributed by atoms with Gasteiger partial charge in [-0.2, -0.15) is 0 Å². The summed E-state index contributed by atoms with van der Waals surface area (Å²) < 4.78 is 12.3. The maximum absolute atomic E-state index is 6.13. The first-order valence-corrected chi connectivity index (χ1v) is 8.21. The van der Waals surface area contributed by atoms with Gasteiger partial charge in [0, 0.05) is 11.3 Å². The molecule has 112 valence electrons. The van der Waals surface area contributed by atoms with Crippen molar-refractivity contribution in [3.63, 3.8) is 0 Å². The maximum Gasteiger partial charge on any atom is 0.160 e. The summed E-state index contributed by atoms with van der Waals surface area (Å²) in [6.07, 6.45) is 5.16. The minimum Gasteiger partial charge on any atom is -0.352 e. The quantitative estimate of drug-likeness (QED) is 0.751. The molecule has 1 aliphatic carbocycles. The van der Waals surface area contributed by atoms with Gasteiger partial charge in [-0.1, -0.05) is 41.0 Å². The zero-order chi connectivity index (χ0) is 14.0. The summed E-state index contributed by atoms with van der Waals surface area (Å²) >= 11 is 0. The minimum atomic E-state index is 0.0284. The molecular formula is C17H32O2. The van der Waals surface area contributed by atoms with Crippen LogP contribution in [0.15, 0.2) is 0 Å². The molecule has 1 unspecified atom stereocenters. The molecule has 2 nitrogen and oxygen atoms in total. The summed E-state index contributed by atoms with van der Waals surface area (Å²) in [5, 5.41) is 0. The molecule has 2 rings (SSSR count). The molecule has 0 N–H and O–H groups in total. The van der Waals surface area contributed by atoms with Gasteiger partial charge in [0.05, 0.1) is 13.2 Å². The van der Waals surface area contributed by atoms with E-state index in [2.05, 4.69) is 34.6 Å². The molecule has 0 radical (unpaired) electrons. The standard InChI is InChI=1S/C17H32O2/c1-6-14(5)16-18-10-17(11-19-16)9-13(4)7-8-15(17)12(2)3/h12-16H,6-11H2,1-5H3/t13-,14?,15+,16?,17?/m1/s1. The molecule has 1 spiro atoms. The maximum atomic E-state index is 6.13. The molecule has 1 heterocycles. The first-order valence-electron chi connectivity index (χ1n) is 8.21. The molecule has 2 heteroatoms. The Bertz CT molecular complexity index is 279. The molecule has 1 saturated heterocycles. The average Bonchev–Trinajstić information content (AvgIpc) is 2.38. The predicted molar refractivity (Wildman–Crippen MR) is 78.9 cm³/mol. The fraction of sp³-hybridized carbons (Fsp3) is 1.00. The summed E-state index contributed by atoms with van der Waals surface area (Å²) in [5.41, 5.74) is 0.287. The van der Waals surface area contributed by atoms with Crippen molar-refractivity contribution in [3.05, 3.63) is 0 Å². The lowest BCUT2D eigenvalue weighted by Gasteiger charge is -2.51. The molecule has 2 aliphatic rings. The van der Waals surface area contributed by atoms with Gasteiger partial charge in [-0.3, -0.25) is 0 Å². The van der Waals surface area contributed by atoms with Gasteiger partial charge in [-0.05, 0) is 37.0 Å². The van der Waals surface area contributed by atoms with E-state index in [-0.39, 0.29) is 11.7 Å². The average molecular weight is 268 g/mol. The highest BCUT2D eigenvalue weighted by molar-refractivity contribution is 4.94. The van der Waals surface area contributed by atoms with Crippen molar-refractivity contribution >= 4 is 0 Å². The van der Waals surface area contributed by atoms with E-state index >= 15 is 0 Å². The van der Waals surface area contributed by atoms with Gasteiger partial charge in [0.1, 0.15) is 0 Å². The topological polar surface area (TPSA) is 18.5 Å². The Morgan fingerprint density at radius 3 is 2.26 bits per heavy atom. The van der Waals surface area contributed by atoms with Gasteiger partial charge in [0.15, 0.2) is 6.29 Å². The molecule has 0 amide bonds. The first kappa shape index (κ1) is 15.3. The van der Waals surface area contributed by atoms with Crippen molar-refractivity contribution in [2.45, 2.75) is 66.6 Å². The molecule has 19 heavy (non-hydrogen) atoms. The Balaban J connectivity index is 2.05. The van der Waals surface area contributed by atoms with Gasteiger partial charge >= 0.3 is 0 Å². The zero-order valence-electron chi connectivity index (χ0n) is 13.4. The zero-order valence-corrected chi connectivity index (χ0v) is 13.4. The largest absolute Gasteiger partial charge is 0.352 e. The summed E-state index contributed by atoms with van der Waals surface area (Å²) in [4.78, 5) is 0. The van der Waals surface area contributed by atoms with Gasteiger partial charge in [0.25, 0.3) is 0 Å². The second-order valence-corrected chi connectivity index (χ2v) is 7.48. The Hall–Kier alpha value is -0.0800. The van der Waals surface area contributed by atoms with E-state index < -0.39 is 0 Å². The van der Waals surface area contributed by atoms with E-state index in [4.69, 9.17) is 9.47 Å². The molecule has 0 aromatic rings. The Kier molecular flexibility index (Phi) is 4.94. The summed E-state index contributed by atoms with van der Waals surface area (Å²) in [5.74, 6) is 2.83. The van der Waals surface area contributed by atoms with Gasteiger partial charge in [0.2, 0.25) is 0 Å².